The first-order valence-electron chi connectivity index (χ1n) is 9.46. The molecule has 1 saturated carbocycles. The van der Waals surface area contributed by atoms with E-state index in [1.807, 2.05) is 0 Å². The van der Waals surface area contributed by atoms with Crippen molar-refractivity contribution in [3.05, 3.63) is 29.8 Å². The fourth-order valence-corrected chi connectivity index (χ4v) is 3.49. The summed E-state index contributed by atoms with van der Waals surface area (Å²) in [5.74, 6) is -0.767. The largest absolute Gasteiger partial charge is 0.418 e. The molecule has 0 aliphatic heterocycles. The molecular formula is C20H27F3N2O2. The molecule has 0 unspecified atom stereocenters. The van der Waals surface area contributed by atoms with Crippen molar-refractivity contribution in [1.82, 2.24) is 4.90 Å². The molecule has 2 rings (SSSR count). The highest BCUT2D eigenvalue weighted by molar-refractivity contribution is 5.93. The van der Waals surface area contributed by atoms with Gasteiger partial charge < -0.3 is 10.2 Å². The Hall–Kier alpha value is -2.05. The van der Waals surface area contributed by atoms with E-state index in [0.29, 0.717) is 25.7 Å². The summed E-state index contributed by atoms with van der Waals surface area (Å²) in [6.07, 6.45) is -0.335. The summed E-state index contributed by atoms with van der Waals surface area (Å²) in [5, 5.41) is 2.43. The molecule has 1 fully saturated rings. The van der Waals surface area contributed by atoms with Gasteiger partial charge in [-0.2, -0.15) is 13.2 Å². The van der Waals surface area contributed by atoms with Crippen molar-refractivity contribution in [3.63, 3.8) is 0 Å². The van der Waals surface area contributed by atoms with Crippen molar-refractivity contribution in [2.75, 3.05) is 18.9 Å². The number of halogens is 3. The van der Waals surface area contributed by atoms with Gasteiger partial charge in [-0.15, -0.1) is 0 Å². The van der Waals surface area contributed by atoms with E-state index in [2.05, 4.69) is 12.2 Å². The second-order valence-electron chi connectivity index (χ2n) is 7.19. The molecule has 0 bridgehead atoms. The lowest BCUT2D eigenvalue weighted by Gasteiger charge is -2.30. The fraction of sp³-hybridized carbons (Fsp3) is 0.600. The number of hydrogen-bond donors (Lipinski definition) is 1. The number of amides is 2. The van der Waals surface area contributed by atoms with Gasteiger partial charge in [0.2, 0.25) is 11.8 Å². The summed E-state index contributed by atoms with van der Waals surface area (Å²) in [6, 6.07) is 4.98. The van der Waals surface area contributed by atoms with Gasteiger partial charge >= 0.3 is 6.18 Å². The maximum Gasteiger partial charge on any atom is 0.418 e. The number of nitrogens with one attached hydrogen (secondary N) is 1. The SMILES string of the molecule is CCCCN(C)C(=O)C1CCC(C(=O)Nc2ccccc2C(F)(F)F)CC1. The second kappa shape index (κ2) is 9.24. The molecule has 1 aliphatic rings. The molecule has 0 atom stereocenters. The van der Waals surface area contributed by atoms with Gasteiger partial charge in [0.05, 0.1) is 11.3 Å². The number of rotatable bonds is 6. The van der Waals surface area contributed by atoms with Crippen LogP contribution in [0, 0.1) is 11.8 Å². The summed E-state index contributed by atoms with van der Waals surface area (Å²) in [5.41, 5.74) is -1.06. The van der Waals surface area contributed by atoms with E-state index >= 15 is 0 Å². The minimum Gasteiger partial charge on any atom is -0.346 e. The predicted octanol–water partition coefficient (Wildman–Crippen LogP) is 4.71. The lowest BCUT2D eigenvalue weighted by molar-refractivity contribution is -0.138. The Morgan fingerprint density at radius 1 is 1.11 bits per heavy atom. The van der Waals surface area contributed by atoms with Gasteiger partial charge in [-0.05, 0) is 44.2 Å². The number of alkyl halides is 3. The van der Waals surface area contributed by atoms with E-state index in [-0.39, 0.29) is 23.4 Å². The van der Waals surface area contributed by atoms with Crippen LogP contribution in [0.3, 0.4) is 0 Å². The van der Waals surface area contributed by atoms with Crippen molar-refractivity contribution < 1.29 is 22.8 Å². The highest BCUT2D eigenvalue weighted by Crippen LogP contribution is 2.36. The summed E-state index contributed by atoms with van der Waals surface area (Å²) >= 11 is 0. The Bertz CT molecular complexity index is 653. The van der Waals surface area contributed by atoms with Crippen LogP contribution in [-0.4, -0.2) is 30.3 Å². The summed E-state index contributed by atoms with van der Waals surface area (Å²) in [4.78, 5) is 26.6. The molecule has 7 heteroatoms. The van der Waals surface area contributed by atoms with Crippen LogP contribution in [0.15, 0.2) is 24.3 Å². The molecule has 0 radical (unpaired) electrons. The molecule has 0 aromatic heterocycles. The van der Waals surface area contributed by atoms with Crippen LogP contribution in [0.2, 0.25) is 0 Å². The third-order valence-corrected chi connectivity index (χ3v) is 5.16. The zero-order valence-electron chi connectivity index (χ0n) is 15.8. The van der Waals surface area contributed by atoms with Crippen LogP contribution in [0.25, 0.3) is 0 Å². The van der Waals surface area contributed by atoms with Gasteiger partial charge in [0, 0.05) is 25.4 Å². The summed E-state index contributed by atoms with van der Waals surface area (Å²) < 4.78 is 39.2. The summed E-state index contributed by atoms with van der Waals surface area (Å²) in [6.45, 7) is 2.79. The minimum absolute atomic E-state index is 0.0987. The number of nitrogens with zero attached hydrogens (tertiary/aromatic N) is 1. The zero-order chi connectivity index (χ0) is 20.0. The maximum atomic E-state index is 13.1. The van der Waals surface area contributed by atoms with Crippen LogP contribution in [0.1, 0.15) is 51.0 Å². The maximum absolute atomic E-state index is 13.1. The molecule has 0 spiro atoms. The number of unbranched alkanes of at least 4 members (excludes halogenated alkanes) is 1. The number of carbonyl (C=O) groups is 2. The first-order chi connectivity index (χ1) is 12.7. The van der Waals surface area contributed by atoms with E-state index in [9.17, 15) is 22.8 Å². The van der Waals surface area contributed by atoms with Crippen molar-refractivity contribution in [2.24, 2.45) is 11.8 Å². The number of para-hydroxylation sites is 1. The Morgan fingerprint density at radius 2 is 1.70 bits per heavy atom. The quantitative estimate of drug-likeness (QED) is 0.772. The highest BCUT2D eigenvalue weighted by Gasteiger charge is 2.35. The van der Waals surface area contributed by atoms with Gasteiger partial charge in [0.25, 0.3) is 0 Å². The van der Waals surface area contributed by atoms with E-state index in [4.69, 9.17) is 0 Å². The van der Waals surface area contributed by atoms with Crippen molar-refractivity contribution in [1.29, 1.82) is 0 Å². The van der Waals surface area contributed by atoms with Crippen LogP contribution in [0.4, 0.5) is 18.9 Å². The topological polar surface area (TPSA) is 49.4 Å². The number of carbonyl (C=O) groups excluding carboxylic acids is 2. The van der Waals surface area contributed by atoms with Gasteiger partial charge in [-0.1, -0.05) is 25.5 Å². The third-order valence-electron chi connectivity index (χ3n) is 5.16. The van der Waals surface area contributed by atoms with Crippen LogP contribution >= 0.6 is 0 Å². The average Bonchev–Trinajstić information content (AvgIpc) is 2.65. The molecule has 1 aliphatic carbocycles. The Labute approximate surface area is 158 Å². The van der Waals surface area contributed by atoms with Crippen molar-refractivity contribution >= 4 is 17.5 Å². The highest BCUT2D eigenvalue weighted by atomic mass is 19.4. The minimum atomic E-state index is -4.52. The van der Waals surface area contributed by atoms with E-state index < -0.39 is 17.6 Å². The Kier molecular flexibility index (Phi) is 7.27. The monoisotopic (exact) mass is 384 g/mol. The molecule has 150 valence electrons. The Balaban J connectivity index is 1.92. The molecule has 2 amide bonds. The van der Waals surface area contributed by atoms with E-state index in [0.717, 1.165) is 25.5 Å². The lowest BCUT2D eigenvalue weighted by atomic mass is 9.81. The van der Waals surface area contributed by atoms with Crippen molar-refractivity contribution in [2.45, 2.75) is 51.6 Å². The molecule has 0 heterocycles. The third kappa shape index (κ3) is 5.71. The molecule has 1 N–H and O–H groups in total. The van der Waals surface area contributed by atoms with Gasteiger partial charge in [-0.3, -0.25) is 9.59 Å². The van der Waals surface area contributed by atoms with Crippen molar-refractivity contribution in [3.8, 4) is 0 Å². The Morgan fingerprint density at radius 3 is 2.30 bits per heavy atom. The molecule has 4 nitrogen and oxygen atoms in total. The summed E-state index contributed by atoms with van der Waals surface area (Å²) in [7, 11) is 1.80. The van der Waals surface area contributed by atoms with Gasteiger partial charge in [-0.25, -0.2) is 0 Å². The van der Waals surface area contributed by atoms with Crippen LogP contribution in [0.5, 0.6) is 0 Å². The normalized spacial score (nSPS) is 20.2. The number of hydrogen-bond acceptors (Lipinski definition) is 2. The van der Waals surface area contributed by atoms with Gasteiger partial charge in [0.1, 0.15) is 0 Å². The van der Waals surface area contributed by atoms with Crippen LogP contribution in [-0.2, 0) is 15.8 Å². The van der Waals surface area contributed by atoms with E-state index in [1.54, 1.807) is 11.9 Å². The fourth-order valence-electron chi connectivity index (χ4n) is 3.49. The molecule has 1 aromatic carbocycles. The lowest BCUT2D eigenvalue weighted by Crippen LogP contribution is -2.37. The van der Waals surface area contributed by atoms with Crippen LogP contribution < -0.4 is 5.32 Å². The predicted molar refractivity (Wildman–Crippen MR) is 98.1 cm³/mol. The standard InChI is InChI=1S/C20H27F3N2O2/c1-3-4-13-25(2)19(27)15-11-9-14(10-12-15)18(26)24-17-8-6-5-7-16(17)20(21,22)23/h5-8,14-15H,3-4,9-13H2,1-2H3,(H,24,26). The first kappa shape index (κ1) is 21.3. The molecular weight excluding hydrogens is 357 g/mol. The van der Waals surface area contributed by atoms with E-state index in [1.165, 1.54) is 18.2 Å². The zero-order valence-corrected chi connectivity index (χ0v) is 15.8. The second-order valence-corrected chi connectivity index (χ2v) is 7.19. The molecule has 1 aromatic rings. The number of benzene rings is 1. The smallest absolute Gasteiger partial charge is 0.346 e. The molecule has 27 heavy (non-hydrogen) atoms. The molecule has 0 saturated heterocycles. The number of anilines is 1. The average molecular weight is 384 g/mol. The van der Waals surface area contributed by atoms with Gasteiger partial charge in [0.15, 0.2) is 0 Å². The first-order valence-corrected chi connectivity index (χ1v) is 9.46.